The van der Waals surface area contributed by atoms with Crippen molar-refractivity contribution < 1.29 is 14.3 Å². The molecule has 0 aromatic carbocycles. The summed E-state index contributed by atoms with van der Waals surface area (Å²) in [6, 6.07) is 5.50. The van der Waals surface area contributed by atoms with E-state index >= 15 is 0 Å². The van der Waals surface area contributed by atoms with Crippen molar-refractivity contribution in [1.82, 2.24) is 9.88 Å². The Bertz CT molecular complexity index is 575. The number of rotatable bonds is 5. The summed E-state index contributed by atoms with van der Waals surface area (Å²) in [7, 11) is 0. The first-order valence-corrected chi connectivity index (χ1v) is 9.16. The molecule has 5 heteroatoms. The first-order chi connectivity index (χ1) is 11.8. The summed E-state index contributed by atoms with van der Waals surface area (Å²) in [5.41, 5.74) is 0.484. The molecule has 3 heterocycles. The number of likely N-dealkylation sites (tertiary alicyclic amines) is 1. The first-order valence-electron chi connectivity index (χ1n) is 9.16. The van der Waals surface area contributed by atoms with Gasteiger partial charge in [0.25, 0.3) is 5.91 Å². The van der Waals surface area contributed by atoms with E-state index in [1.807, 2.05) is 17.0 Å². The molecule has 2 aliphatic heterocycles. The van der Waals surface area contributed by atoms with Gasteiger partial charge < -0.3 is 14.4 Å². The third-order valence-electron chi connectivity index (χ3n) is 5.60. The van der Waals surface area contributed by atoms with Gasteiger partial charge in [0.2, 0.25) is 0 Å². The summed E-state index contributed by atoms with van der Waals surface area (Å²) in [5.74, 6) is 0.792. The van der Waals surface area contributed by atoms with Gasteiger partial charge in [-0.2, -0.15) is 0 Å². The van der Waals surface area contributed by atoms with Gasteiger partial charge in [0, 0.05) is 37.9 Å². The summed E-state index contributed by atoms with van der Waals surface area (Å²) in [6.45, 7) is 3.87. The zero-order chi connectivity index (χ0) is 16.4. The van der Waals surface area contributed by atoms with Crippen LogP contribution < -0.4 is 0 Å². The van der Waals surface area contributed by atoms with E-state index in [0.29, 0.717) is 12.3 Å². The molecule has 2 unspecified atom stereocenters. The molecule has 3 fully saturated rings. The van der Waals surface area contributed by atoms with Crippen LogP contribution in [-0.2, 0) is 9.47 Å². The highest BCUT2D eigenvalue weighted by Crippen LogP contribution is 2.41. The van der Waals surface area contributed by atoms with Crippen molar-refractivity contribution in [2.24, 2.45) is 11.3 Å². The second kappa shape index (κ2) is 6.81. The lowest BCUT2D eigenvalue weighted by Gasteiger charge is -2.50. The fraction of sp³-hybridized carbons (Fsp3) is 0.684. The number of hydrogen-bond acceptors (Lipinski definition) is 4. The fourth-order valence-corrected chi connectivity index (χ4v) is 4.04. The highest BCUT2D eigenvalue weighted by Gasteiger charge is 2.47. The molecule has 24 heavy (non-hydrogen) atoms. The maximum Gasteiger partial charge on any atom is 0.272 e. The molecule has 1 aromatic rings. The molecule has 0 spiro atoms. The minimum Gasteiger partial charge on any atom is -0.380 e. The number of piperidine rings is 1. The maximum atomic E-state index is 12.8. The SMILES string of the molecule is O=C(c1ccccn1)N1CCC2OCCCC2(COCC2CC2)C1. The average Bonchev–Trinajstić information content (AvgIpc) is 3.45. The van der Waals surface area contributed by atoms with Crippen molar-refractivity contribution >= 4 is 5.91 Å². The third kappa shape index (κ3) is 3.33. The maximum absolute atomic E-state index is 12.8. The van der Waals surface area contributed by atoms with E-state index < -0.39 is 0 Å². The predicted molar refractivity (Wildman–Crippen MR) is 89.7 cm³/mol. The van der Waals surface area contributed by atoms with E-state index in [9.17, 15) is 4.79 Å². The number of fused-ring (bicyclic) bond motifs is 1. The Balaban J connectivity index is 1.46. The first kappa shape index (κ1) is 16.0. The highest BCUT2D eigenvalue weighted by molar-refractivity contribution is 5.92. The van der Waals surface area contributed by atoms with E-state index in [0.717, 1.165) is 51.5 Å². The summed E-state index contributed by atoms with van der Waals surface area (Å²) in [4.78, 5) is 19.0. The summed E-state index contributed by atoms with van der Waals surface area (Å²) < 4.78 is 12.1. The highest BCUT2D eigenvalue weighted by atomic mass is 16.5. The topological polar surface area (TPSA) is 51.7 Å². The Kier molecular flexibility index (Phi) is 4.55. The number of carbonyl (C=O) groups is 1. The van der Waals surface area contributed by atoms with Crippen LogP contribution in [0.2, 0.25) is 0 Å². The van der Waals surface area contributed by atoms with Crippen LogP contribution in [0.15, 0.2) is 24.4 Å². The smallest absolute Gasteiger partial charge is 0.272 e. The number of pyridine rings is 1. The number of aromatic nitrogens is 1. The molecular formula is C19H26N2O3. The number of carbonyl (C=O) groups excluding carboxylic acids is 1. The Hall–Kier alpha value is -1.46. The zero-order valence-electron chi connectivity index (χ0n) is 14.2. The number of ether oxygens (including phenoxy) is 2. The molecular weight excluding hydrogens is 304 g/mol. The molecule has 2 atom stereocenters. The number of hydrogen-bond donors (Lipinski definition) is 0. The Morgan fingerprint density at radius 3 is 3.08 bits per heavy atom. The van der Waals surface area contributed by atoms with Crippen LogP contribution in [0, 0.1) is 11.3 Å². The van der Waals surface area contributed by atoms with E-state index in [4.69, 9.17) is 9.47 Å². The van der Waals surface area contributed by atoms with Crippen LogP contribution in [0.1, 0.15) is 42.6 Å². The minimum absolute atomic E-state index is 0.0289. The van der Waals surface area contributed by atoms with E-state index in [-0.39, 0.29) is 17.4 Å². The lowest BCUT2D eigenvalue weighted by Crippen LogP contribution is -2.58. The van der Waals surface area contributed by atoms with E-state index in [2.05, 4.69) is 4.98 Å². The van der Waals surface area contributed by atoms with E-state index in [1.165, 1.54) is 12.8 Å². The van der Waals surface area contributed by atoms with Crippen LogP contribution in [0.4, 0.5) is 0 Å². The van der Waals surface area contributed by atoms with Gasteiger partial charge in [0.1, 0.15) is 5.69 Å². The van der Waals surface area contributed by atoms with Crippen molar-refractivity contribution in [2.45, 2.75) is 38.2 Å². The Morgan fingerprint density at radius 2 is 2.29 bits per heavy atom. The molecule has 0 bridgehead atoms. The van der Waals surface area contributed by atoms with Crippen molar-refractivity contribution in [2.75, 3.05) is 32.9 Å². The summed E-state index contributed by atoms with van der Waals surface area (Å²) >= 11 is 0. The van der Waals surface area contributed by atoms with Gasteiger partial charge in [-0.3, -0.25) is 9.78 Å². The van der Waals surface area contributed by atoms with Gasteiger partial charge in [-0.05, 0) is 50.2 Å². The second-order valence-corrected chi connectivity index (χ2v) is 7.51. The van der Waals surface area contributed by atoms with Gasteiger partial charge in [-0.25, -0.2) is 0 Å². The van der Waals surface area contributed by atoms with E-state index in [1.54, 1.807) is 12.3 Å². The van der Waals surface area contributed by atoms with Gasteiger partial charge >= 0.3 is 0 Å². The average molecular weight is 330 g/mol. The summed E-state index contributed by atoms with van der Waals surface area (Å²) in [5, 5.41) is 0. The zero-order valence-corrected chi connectivity index (χ0v) is 14.2. The molecule has 3 aliphatic rings. The standard InChI is InChI=1S/C19H26N2O3/c22-18(16-4-1-2-9-20-16)21-10-7-17-19(13-21,8-3-11-24-17)14-23-12-15-5-6-15/h1-2,4,9,15,17H,3,5-8,10-14H2. The van der Waals surface area contributed by atoms with Gasteiger partial charge in [-0.1, -0.05) is 6.07 Å². The van der Waals surface area contributed by atoms with Crippen molar-refractivity contribution in [3.63, 3.8) is 0 Å². The number of nitrogens with zero attached hydrogens (tertiary/aromatic N) is 2. The lowest BCUT2D eigenvalue weighted by atomic mass is 9.73. The molecule has 0 N–H and O–H groups in total. The molecule has 130 valence electrons. The van der Waals surface area contributed by atoms with Gasteiger partial charge in [0.05, 0.1) is 12.7 Å². The molecule has 1 saturated carbocycles. The molecule has 0 radical (unpaired) electrons. The fourth-order valence-electron chi connectivity index (χ4n) is 4.04. The minimum atomic E-state index is -0.0458. The van der Waals surface area contributed by atoms with Crippen molar-refractivity contribution in [3.8, 4) is 0 Å². The molecule has 2 saturated heterocycles. The lowest BCUT2D eigenvalue weighted by molar-refractivity contribution is -0.147. The third-order valence-corrected chi connectivity index (χ3v) is 5.60. The molecule has 1 amide bonds. The molecule has 4 rings (SSSR count). The molecule has 5 nitrogen and oxygen atoms in total. The normalized spacial score (nSPS) is 30.0. The summed E-state index contributed by atoms with van der Waals surface area (Å²) in [6.07, 6.45) is 7.53. The van der Waals surface area contributed by atoms with Crippen LogP contribution in [0.5, 0.6) is 0 Å². The van der Waals surface area contributed by atoms with Gasteiger partial charge in [-0.15, -0.1) is 0 Å². The predicted octanol–water partition coefficient (Wildman–Crippen LogP) is 2.52. The quantitative estimate of drug-likeness (QED) is 0.832. The van der Waals surface area contributed by atoms with Crippen LogP contribution >= 0.6 is 0 Å². The van der Waals surface area contributed by atoms with Crippen LogP contribution in [0.25, 0.3) is 0 Å². The van der Waals surface area contributed by atoms with Crippen molar-refractivity contribution in [1.29, 1.82) is 0 Å². The Labute approximate surface area is 143 Å². The second-order valence-electron chi connectivity index (χ2n) is 7.51. The molecule has 1 aliphatic carbocycles. The molecule has 1 aromatic heterocycles. The van der Waals surface area contributed by atoms with Crippen molar-refractivity contribution in [3.05, 3.63) is 30.1 Å². The monoisotopic (exact) mass is 330 g/mol. The van der Waals surface area contributed by atoms with Gasteiger partial charge in [0.15, 0.2) is 0 Å². The Morgan fingerprint density at radius 1 is 1.38 bits per heavy atom. The van der Waals surface area contributed by atoms with Crippen LogP contribution in [0.3, 0.4) is 0 Å². The number of amides is 1. The largest absolute Gasteiger partial charge is 0.380 e. The van der Waals surface area contributed by atoms with Crippen LogP contribution in [-0.4, -0.2) is 54.8 Å².